The van der Waals surface area contributed by atoms with Crippen LogP contribution in [0.1, 0.15) is 99.3 Å². The third kappa shape index (κ3) is 32.8. The largest absolute Gasteiger partial charge is 0.486 e. The van der Waals surface area contributed by atoms with Crippen molar-refractivity contribution in [2.45, 2.75) is 134 Å². The molecule has 22 nitrogen and oxygen atoms in total. The van der Waals surface area contributed by atoms with Gasteiger partial charge in [-0.15, -0.1) is 0 Å². The van der Waals surface area contributed by atoms with E-state index in [1.807, 2.05) is 66.7 Å². The van der Waals surface area contributed by atoms with Crippen LogP contribution in [0, 0.1) is 0 Å². The lowest BCUT2D eigenvalue weighted by Gasteiger charge is -2.13. The zero-order chi connectivity index (χ0) is 84.2. The molecule has 1 heterocycles. The van der Waals surface area contributed by atoms with Crippen LogP contribution in [-0.4, -0.2) is 125 Å². The van der Waals surface area contributed by atoms with Gasteiger partial charge in [-0.05, 0) is 163 Å². The summed E-state index contributed by atoms with van der Waals surface area (Å²) >= 11 is 21.3. The number of benzene rings is 9. The highest BCUT2D eigenvalue weighted by Gasteiger charge is 2.25. The number of para-hydroxylation sites is 5. The second-order valence-corrected chi connectivity index (χ2v) is 36.6. The van der Waals surface area contributed by atoms with Gasteiger partial charge in [-0.1, -0.05) is 214 Å². The van der Waals surface area contributed by atoms with E-state index in [9.17, 15) is 52.8 Å². The van der Waals surface area contributed by atoms with Gasteiger partial charge in [0.05, 0.1) is 25.7 Å². The normalized spacial score (nSPS) is 12.7. The molecule has 0 aliphatic heterocycles. The number of anilines is 3. The van der Waals surface area contributed by atoms with Crippen molar-refractivity contribution in [2.75, 3.05) is 40.6 Å². The Kier molecular flexibility index (Phi) is 36.2. The Morgan fingerprint density at radius 2 is 0.593 bits per heavy atom. The number of aromatic nitrogens is 2. The molecule has 0 radical (unpaired) electrons. The fourth-order valence-electron chi connectivity index (χ4n) is 12.0. The van der Waals surface area contributed by atoms with E-state index in [0.717, 1.165) is 60.8 Å². The topological polar surface area (TPSA) is 316 Å². The van der Waals surface area contributed by atoms with Gasteiger partial charge in [0, 0.05) is 101 Å². The van der Waals surface area contributed by atoms with Crippen LogP contribution in [0.5, 0.6) is 17.2 Å². The zero-order valence-electron chi connectivity index (χ0n) is 64.4. The molecule has 0 unspecified atom stereocenters. The lowest BCUT2D eigenvalue weighted by molar-refractivity contribution is -0.124. The third-order valence-electron chi connectivity index (χ3n) is 17.8. The van der Waals surface area contributed by atoms with Crippen molar-refractivity contribution < 1.29 is 71.8 Å². The molecule has 9 aromatic carbocycles. The van der Waals surface area contributed by atoms with Crippen LogP contribution in [0.2, 0.25) is 0 Å². The quantitative estimate of drug-likeness (QED) is 0.0259. The minimum absolute atomic E-state index is 0.000937. The molecule has 1 aromatic heterocycles. The van der Waals surface area contributed by atoms with Crippen molar-refractivity contribution in [2.24, 2.45) is 0 Å². The molecule has 10 aromatic rings. The summed E-state index contributed by atoms with van der Waals surface area (Å²) in [6, 6.07) is 72.4. The van der Waals surface area contributed by atoms with E-state index in [2.05, 4.69) is 28.9 Å². The van der Waals surface area contributed by atoms with Crippen molar-refractivity contribution in [1.29, 1.82) is 0 Å². The van der Waals surface area contributed by atoms with E-state index in [0.29, 0.717) is 73.8 Å². The van der Waals surface area contributed by atoms with Crippen LogP contribution < -0.4 is 33.1 Å². The molecule has 616 valence electrons. The predicted octanol–water partition coefficient (Wildman–Crippen LogP) is 15.8. The summed E-state index contributed by atoms with van der Waals surface area (Å²) < 4.78 is 132. The minimum Gasteiger partial charge on any atom is -0.486 e. The second-order valence-electron chi connectivity index (χ2n) is 27.5. The maximum Gasteiger partial charge on any atom is 0.264 e. The summed E-state index contributed by atoms with van der Waals surface area (Å²) in [7, 11) is -14.6. The van der Waals surface area contributed by atoms with Crippen molar-refractivity contribution >= 4 is 149 Å². The molecule has 12 rings (SSSR count). The first kappa shape index (κ1) is 91.5. The molecule has 0 bridgehead atoms. The lowest BCUT2D eigenvalue weighted by Crippen LogP contribution is -2.32. The SMILES string of the molecule is O=C(COC1CCCC1)CC(=S)Cc1ccc(S(=O)(=O)Nc2ccccc2)cc1.O=C(COc1ccccc1)CC(=S)Cc1ccc(S(=O)(=O)NC2CCCC2)cc1.O=C(COc1ccccc1)CC(=S)Cc1ccc(S(=O)(=O)Nc2ccccc2)cc1.O=C(COc1ccccc1)CC(=S)Cc1ccc(S(=O)(=O)Nc2ncccn2)cc1. The van der Waals surface area contributed by atoms with Gasteiger partial charge in [-0.3, -0.25) is 28.6 Å². The van der Waals surface area contributed by atoms with Crippen LogP contribution in [0.3, 0.4) is 0 Å². The number of hydrogen-bond donors (Lipinski definition) is 4. The Labute approximate surface area is 711 Å². The maximum atomic E-state index is 12.5. The number of hydrogen-bond acceptors (Lipinski definition) is 22. The minimum atomic E-state index is -3.79. The molecule has 0 saturated heterocycles. The van der Waals surface area contributed by atoms with E-state index in [-0.39, 0.29) is 113 Å². The Balaban J connectivity index is 0.000000179. The standard InChI is InChI=1S/C23H21NO4S2.2C22H25NO4S2.C21H19N3O4S2/c25-20(17-28-21-9-5-2-6-10-21)16-22(29)15-18-11-13-23(14-12-18)30(26,27)24-19-7-3-1-4-8-19;24-19(16-27-20-8-2-1-3-9-20)15-21(28)14-17-10-12-22(13-11-17)29(25,26)23-18-6-4-5-7-18;24-19(16-27-20-8-4-5-9-20)15-21(28)14-17-10-12-22(13-11-17)29(25,26)23-18-6-2-1-3-7-18;25-17(15-28-18-5-2-1-3-6-18)14-19(29)13-16-7-9-20(10-8-16)30(26,27)24-21-22-11-4-12-23-21/h1-14,24H,15-17H2;1-3,8-13,18,23H,4-7,14-16H2;1-3,6-7,10-13,20,23H,4-5,8-9,14-16H2;1-12H,13-15H2,(H,22,23,24). The molecule has 4 N–H and O–H groups in total. The number of rotatable bonds is 40. The summed E-state index contributed by atoms with van der Waals surface area (Å²) in [5, 5.41) is 0. The van der Waals surface area contributed by atoms with Crippen molar-refractivity contribution in [3.8, 4) is 17.2 Å². The van der Waals surface area contributed by atoms with Gasteiger partial charge in [-0.25, -0.2) is 53.1 Å². The highest BCUT2D eigenvalue weighted by Crippen LogP contribution is 2.25. The lowest BCUT2D eigenvalue weighted by atomic mass is 10.1. The maximum absolute atomic E-state index is 12.5. The molecule has 2 aliphatic rings. The average molecular weight is 1740 g/mol. The molecular formula is C88H90N6O16S8. The molecule has 2 aliphatic carbocycles. The van der Waals surface area contributed by atoms with Gasteiger partial charge in [0.2, 0.25) is 16.0 Å². The second kappa shape index (κ2) is 46.7. The van der Waals surface area contributed by atoms with Crippen LogP contribution in [0.15, 0.2) is 287 Å². The number of ketones is 4. The third-order valence-corrected chi connectivity index (χ3v) is 24.7. The summed E-state index contributed by atoms with van der Waals surface area (Å²) in [6.45, 7) is 0.0162. The predicted molar refractivity (Wildman–Crippen MR) is 473 cm³/mol. The van der Waals surface area contributed by atoms with Gasteiger partial charge in [0.1, 0.15) is 43.7 Å². The zero-order valence-corrected chi connectivity index (χ0v) is 70.9. The van der Waals surface area contributed by atoms with Gasteiger partial charge in [-0.2, -0.15) is 0 Å². The van der Waals surface area contributed by atoms with E-state index < -0.39 is 40.1 Å². The number of thiocarbonyl (C=S) groups is 4. The highest BCUT2D eigenvalue weighted by molar-refractivity contribution is 7.93. The van der Waals surface area contributed by atoms with Gasteiger partial charge in [0.15, 0.2) is 23.1 Å². The van der Waals surface area contributed by atoms with E-state index in [1.165, 1.54) is 49.5 Å². The Morgan fingerprint density at radius 1 is 0.322 bits per heavy atom. The molecule has 0 atom stereocenters. The van der Waals surface area contributed by atoms with Gasteiger partial charge < -0.3 is 18.9 Å². The van der Waals surface area contributed by atoms with E-state index in [1.54, 1.807) is 164 Å². The first-order chi connectivity index (χ1) is 56.7. The number of sulfonamides is 4. The van der Waals surface area contributed by atoms with E-state index in [4.69, 9.17) is 67.8 Å². The van der Waals surface area contributed by atoms with E-state index >= 15 is 0 Å². The number of carbonyl (C=O) groups is 4. The fourth-order valence-corrected chi connectivity index (χ4v) is 17.7. The Bertz CT molecular complexity index is 5250. The molecule has 118 heavy (non-hydrogen) atoms. The Hall–Kier alpha value is -10.4. The van der Waals surface area contributed by atoms with Crippen LogP contribution in [-0.2, 0) is 89.7 Å². The molecule has 2 fully saturated rings. The Morgan fingerprint density at radius 3 is 0.907 bits per heavy atom. The average Bonchev–Trinajstić information content (AvgIpc) is 1.62. The van der Waals surface area contributed by atoms with Crippen molar-refractivity contribution in [3.63, 3.8) is 0 Å². The fraction of sp³-hybridized carbons (Fsp3) is 0.250. The molecular weight excluding hydrogens is 1650 g/mol. The van der Waals surface area contributed by atoms with Crippen LogP contribution >= 0.6 is 48.9 Å². The van der Waals surface area contributed by atoms with Gasteiger partial charge in [0.25, 0.3) is 30.1 Å². The number of nitrogens with one attached hydrogen (secondary N) is 4. The number of Topliss-reactive ketones (excluding diaryl/α,β-unsaturated/α-hetero) is 4. The number of nitrogens with zero attached hydrogens (tertiary/aromatic N) is 2. The van der Waals surface area contributed by atoms with Crippen molar-refractivity contribution in [3.05, 3.63) is 289 Å². The number of ether oxygens (including phenoxy) is 4. The van der Waals surface area contributed by atoms with Crippen LogP contribution in [0.4, 0.5) is 17.3 Å². The summed E-state index contributed by atoms with van der Waals surface area (Å²) in [5.74, 6) is 1.60. The first-order valence-corrected chi connectivity index (χ1v) is 45.4. The van der Waals surface area contributed by atoms with Crippen molar-refractivity contribution in [1.82, 2.24) is 14.7 Å². The molecule has 0 amide bonds. The molecule has 0 spiro atoms. The summed E-state index contributed by atoms with van der Waals surface area (Å²) in [6.07, 6.45) is 13.8. The smallest absolute Gasteiger partial charge is 0.264 e. The molecule has 2 saturated carbocycles. The monoisotopic (exact) mass is 1740 g/mol. The molecule has 30 heteroatoms. The number of carbonyl (C=O) groups excluding carboxylic acids is 4. The summed E-state index contributed by atoms with van der Waals surface area (Å²) in [4.78, 5) is 59.0. The summed E-state index contributed by atoms with van der Waals surface area (Å²) in [5.41, 5.74) is 4.42. The first-order valence-electron chi connectivity index (χ1n) is 37.8. The van der Waals surface area contributed by atoms with Gasteiger partial charge >= 0.3 is 0 Å². The highest BCUT2D eigenvalue weighted by atomic mass is 32.2. The van der Waals surface area contributed by atoms with Crippen LogP contribution in [0.25, 0.3) is 0 Å².